The van der Waals surface area contributed by atoms with Crippen LogP contribution in [0.4, 0.5) is 0 Å². The molecule has 1 aromatic rings. The van der Waals surface area contributed by atoms with Gasteiger partial charge < -0.3 is 5.32 Å². The minimum Gasteiger partial charge on any atom is -0.353 e. The van der Waals surface area contributed by atoms with Gasteiger partial charge in [-0.05, 0) is 43.0 Å². The molecule has 1 fully saturated rings. The number of hydrogen-bond acceptors (Lipinski definition) is 3. The maximum absolute atomic E-state index is 12.4. The number of hydrogen-bond donors (Lipinski definition) is 1. The van der Waals surface area contributed by atoms with Gasteiger partial charge in [-0.1, -0.05) is 42.6 Å². The zero-order valence-corrected chi connectivity index (χ0v) is 16.0. The van der Waals surface area contributed by atoms with Crippen molar-refractivity contribution in [3.05, 3.63) is 28.7 Å². The zero-order chi connectivity index (χ0) is 17.0. The van der Waals surface area contributed by atoms with E-state index in [1.165, 1.54) is 6.42 Å². The van der Waals surface area contributed by atoms with Crippen LogP contribution in [-0.4, -0.2) is 26.1 Å². The van der Waals surface area contributed by atoms with Crippen LogP contribution >= 0.6 is 15.9 Å². The third kappa shape index (κ3) is 5.31. The lowest BCUT2D eigenvalue weighted by Gasteiger charge is -2.28. The van der Waals surface area contributed by atoms with Crippen molar-refractivity contribution in [1.29, 1.82) is 0 Å². The largest absolute Gasteiger partial charge is 0.353 e. The van der Waals surface area contributed by atoms with Crippen molar-refractivity contribution in [2.75, 3.05) is 5.75 Å². The van der Waals surface area contributed by atoms with Crippen LogP contribution in [0.15, 0.2) is 33.6 Å². The first-order valence-electron chi connectivity index (χ1n) is 8.06. The lowest BCUT2D eigenvalue weighted by molar-refractivity contribution is -0.124. The van der Waals surface area contributed by atoms with Crippen LogP contribution in [0.25, 0.3) is 0 Å². The molecule has 6 heteroatoms. The van der Waals surface area contributed by atoms with Crippen LogP contribution in [0.3, 0.4) is 0 Å². The number of sulfone groups is 1. The van der Waals surface area contributed by atoms with Gasteiger partial charge in [-0.3, -0.25) is 4.79 Å². The fourth-order valence-corrected chi connectivity index (χ4v) is 4.87. The van der Waals surface area contributed by atoms with E-state index >= 15 is 0 Å². The second kappa shape index (κ2) is 7.79. The SMILES string of the molecule is C[C@@H]1CCC[C@@H](NC(=O)[C@H](C)CS(=O)(=O)c2ccc(Br)cc2)C1. The molecule has 0 unspecified atom stereocenters. The number of carbonyl (C=O) groups excluding carboxylic acids is 1. The van der Waals surface area contributed by atoms with Crippen LogP contribution in [-0.2, 0) is 14.6 Å². The van der Waals surface area contributed by atoms with Crippen LogP contribution in [0.1, 0.15) is 39.5 Å². The summed E-state index contributed by atoms with van der Waals surface area (Å²) < 4.78 is 25.6. The highest BCUT2D eigenvalue weighted by Gasteiger charge is 2.26. The molecule has 0 saturated heterocycles. The minimum absolute atomic E-state index is 0.162. The Labute approximate surface area is 147 Å². The summed E-state index contributed by atoms with van der Waals surface area (Å²) in [5.41, 5.74) is 0. The summed E-state index contributed by atoms with van der Waals surface area (Å²) in [5, 5.41) is 3.02. The number of benzene rings is 1. The summed E-state index contributed by atoms with van der Waals surface area (Å²) in [4.78, 5) is 12.6. The Kier molecular flexibility index (Phi) is 6.26. The molecule has 1 N–H and O–H groups in total. The van der Waals surface area contributed by atoms with E-state index in [1.807, 2.05) is 0 Å². The van der Waals surface area contributed by atoms with Crippen molar-refractivity contribution >= 4 is 31.7 Å². The molecule has 0 bridgehead atoms. The van der Waals surface area contributed by atoms with Crippen molar-refractivity contribution in [3.63, 3.8) is 0 Å². The third-order valence-electron chi connectivity index (χ3n) is 4.37. The zero-order valence-electron chi connectivity index (χ0n) is 13.6. The van der Waals surface area contributed by atoms with Gasteiger partial charge in [-0.15, -0.1) is 0 Å². The summed E-state index contributed by atoms with van der Waals surface area (Å²) in [6.07, 6.45) is 4.30. The molecule has 0 heterocycles. The van der Waals surface area contributed by atoms with Crippen LogP contribution in [0.2, 0.25) is 0 Å². The van der Waals surface area contributed by atoms with Crippen LogP contribution in [0.5, 0.6) is 0 Å². The Bertz CT molecular complexity index is 642. The molecular formula is C17H24BrNO3S. The molecular weight excluding hydrogens is 378 g/mol. The number of nitrogens with one attached hydrogen (secondary N) is 1. The maximum Gasteiger partial charge on any atom is 0.224 e. The lowest BCUT2D eigenvalue weighted by Crippen LogP contribution is -2.42. The molecule has 1 aliphatic rings. The van der Waals surface area contributed by atoms with Gasteiger partial charge in [0.1, 0.15) is 0 Å². The van der Waals surface area contributed by atoms with Crippen molar-refractivity contribution in [2.24, 2.45) is 11.8 Å². The predicted octanol–water partition coefficient (Wildman–Crippen LogP) is 3.55. The van der Waals surface area contributed by atoms with E-state index in [2.05, 4.69) is 28.2 Å². The normalized spacial score (nSPS) is 23.3. The molecule has 128 valence electrons. The molecule has 1 saturated carbocycles. The first kappa shape index (κ1) is 18.5. The van der Waals surface area contributed by atoms with Gasteiger partial charge in [0.15, 0.2) is 9.84 Å². The Hall–Kier alpha value is -0.880. The smallest absolute Gasteiger partial charge is 0.224 e. The van der Waals surface area contributed by atoms with E-state index in [0.29, 0.717) is 5.92 Å². The average Bonchev–Trinajstić information content (AvgIpc) is 2.47. The van der Waals surface area contributed by atoms with Gasteiger partial charge in [0.25, 0.3) is 0 Å². The Morgan fingerprint density at radius 2 is 1.96 bits per heavy atom. The van der Waals surface area contributed by atoms with Crippen molar-refractivity contribution in [1.82, 2.24) is 5.32 Å². The standard InChI is InChI=1S/C17H24BrNO3S/c1-12-4-3-5-15(10-12)19-17(20)13(2)11-23(21,22)16-8-6-14(18)7-9-16/h6-9,12-13,15H,3-5,10-11H2,1-2H3,(H,19,20)/t12-,13-,15-/m1/s1. The van der Waals surface area contributed by atoms with Crippen molar-refractivity contribution < 1.29 is 13.2 Å². The highest BCUT2D eigenvalue weighted by Crippen LogP contribution is 2.24. The fraction of sp³-hybridized carbons (Fsp3) is 0.588. The molecule has 1 aromatic carbocycles. The summed E-state index contributed by atoms with van der Waals surface area (Å²) in [6.45, 7) is 3.87. The van der Waals surface area contributed by atoms with Crippen LogP contribution < -0.4 is 5.32 Å². The Balaban J connectivity index is 1.95. The van der Waals surface area contributed by atoms with E-state index in [-0.39, 0.29) is 22.6 Å². The molecule has 1 aliphatic carbocycles. The second-order valence-corrected chi connectivity index (χ2v) is 9.56. The molecule has 0 radical (unpaired) electrons. The Morgan fingerprint density at radius 3 is 2.57 bits per heavy atom. The van der Waals surface area contributed by atoms with Crippen LogP contribution in [0, 0.1) is 11.8 Å². The Morgan fingerprint density at radius 1 is 1.30 bits per heavy atom. The van der Waals surface area contributed by atoms with Gasteiger partial charge in [0.2, 0.25) is 5.91 Å². The highest BCUT2D eigenvalue weighted by atomic mass is 79.9. The third-order valence-corrected chi connectivity index (χ3v) is 6.83. The highest BCUT2D eigenvalue weighted by molar-refractivity contribution is 9.10. The van der Waals surface area contributed by atoms with E-state index < -0.39 is 15.8 Å². The summed E-state index contributed by atoms with van der Waals surface area (Å²) >= 11 is 3.29. The first-order valence-corrected chi connectivity index (χ1v) is 10.5. The summed E-state index contributed by atoms with van der Waals surface area (Å²) in [5.74, 6) is -0.260. The van der Waals surface area contributed by atoms with E-state index in [9.17, 15) is 13.2 Å². The molecule has 0 aliphatic heterocycles. The first-order chi connectivity index (χ1) is 10.8. The monoisotopic (exact) mass is 401 g/mol. The number of rotatable bonds is 5. The van der Waals surface area contributed by atoms with E-state index in [1.54, 1.807) is 31.2 Å². The summed E-state index contributed by atoms with van der Waals surface area (Å²) in [7, 11) is -3.45. The fourth-order valence-electron chi connectivity index (χ4n) is 3.05. The topological polar surface area (TPSA) is 63.2 Å². The number of carbonyl (C=O) groups is 1. The molecule has 2 rings (SSSR count). The summed E-state index contributed by atoms with van der Waals surface area (Å²) in [6, 6.07) is 6.70. The molecule has 4 nitrogen and oxygen atoms in total. The molecule has 3 atom stereocenters. The lowest BCUT2D eigenvalue weighted by atomic mass is 9.87. The maximum atomic E-state index is 12.4. The molecule has 23 heavy (non-hydrogen) atoms. The van der Waals surface area contributed by atoms with Gasteiger partial charge in [-0.2, -0.15) is 0 Å². The predicted molar refractivity (Wildman–Crippen MR) is 94.9 cm³/mol. The average molecular weight is 402 g/mol. The molecule has 0 aromatic heterocycles. The minimum atomic E-state index is -3.45. The second-order valence-electron chi connectivity index (χ2n) is 6.61. The quantitative estimate of drug-likeness (QED) is 0.819. The van der Waals surface area contributed by atoms with Gasteiger partial charge >= 0.3 is 0 Å². The number of halogens is 1. The van der Waals surface area contributed by atoms with E-state index in [4.69, 9.17) is 0 Å². The van der Waals surface area contributed by atoms with E-state index in [0.717, 1.165) is 23.7 Å². The van der Waals surface area contributed by atoms with Gasteiger partial charge in [-0.25, -0.2) is 8.42 Å². The van der Waals surface area contributed by atoms with Gasteiger partial charge in [0.05, 0.1) is 10.6 Å². The molecule has 1 amide bonds. The van der Waals surface area contributed by atoms with Crippen molar-refractivity contribution in [2.45, 2.75) is 50.5 Å². The number of amides is 1. The molecule has 0 spiro atoms. The van der Waals surface area contributed by atoms with Crippen molar-refractivity contribution in [3.8, 4) is 0 Å². The van der Waals surface area contributed by atoms with Gasteiger partial charge in [0, 0.05) is 16.4 Å².